The topological polar surface area (TPSA) is 34.9 Å². The molecule has 1 heterocycles. The molecule has 0 N–H and O–H groups in total. The summed E-state index contributed by atoms with van der Waals surface area (Å²) >= 11 is 7.51. The van der Waals surface area contributed by atoms with E-state index in [0.29, 0.717) is 5.02 Å². The standard InChI is InChI=1S/C20H17ClN2OS/c1-14-20(25-18-11-9-17(21)10-12-18)15(2)23(22-14)19(24)13-8-16-6-4-3-5-7-16/h3-13H,1-2H3. The van der Waals surface area contributed by atoms with Gasteiger partial charge in [-0.05, 0) is 49.8 Å². The molecule has 0 saturated carbocycles. The number of aromatic nitrogens is 2. The molecule has 1 aromatic heterocycles. The number of benzene rings is 2. The van der Waals surface area contributed by atoms with E-state index in [1.54, 1.807) is 23.9 Å². The lowest BCUT2D eigenvalue weighted by molar-refractivity contribution is 0.0952. The van der Waals surface area contributed by atoms with Crippen molar-refractivity contribution in [3.05, 3.63) is 82.6 Å². The predicted molar refractivity (Wildman–Crippen MR) is 103 cm³/mol. The molecule has 0 amide bonds. The van der Waals surface area contributed by atoms with Crippen LogP contribution in [0.2, 0.25) is 5.02 Å². The second-order valence-corrected chi connectivity index (χ2v) is 7.07. The summed E-state index contributed by atoms with van der Waals surface area (Å²) < 4.78 is 1.45. The van der Waals surface area contributed by atoms with Crippen molar-refractivity contribution >= 4 is 35.3 Å². The Morgan fingerprint density at radius 1 is 1.08 bits per heavy atom. The predicted octanol–water partition coefficient (Wildman–Crippen LogP) is 5.66. The first-order valence-corrected chi connectivity index (χ1v) is 9.01. The van der Waals surface area contributed by atoms with Gasteiger partial charge in [0.25, 0.3) is 5.91 Å². The summed E-state index contributed by atoms with van der Waals surface area (Å²) in [7, 11) is 0. The minimum absolute atomic E-state index is 0.160. The lowest BCUT2D eigenvalue weighted by Gasteiger charge is -2.03. The van der Waals surface area contributed by atoms with Gasteiger partial charge in [-0.25, -0.2) is 4.68 Å². The van der Waals surface area contributed by atoms with Crippen LogP contribution in [0, 0.1) is 13.8 Å². The summed E-state index contributed by atoms with van der Waals surface area (Å²) in [5, 5.41) is 5.11. The quantitative estimate of drug-likeness (QED) is 0.557. The number of hydrogen-bond donors (Lipinski definition) is 0. The average molecular weight is 369 g/mol. The highest BCUT2D eigenvalue weighted by Gasteiger charge is 2.16. The monoisotopic (exact) mass is 368 g/mol. The number of aryl methyl sites for hydroxylation is 1. The molecule has 5 heteroatoms. The Labute approximate surface area is 156 Å². The third kappa shape index (κ3) is 4.21. The van der Waals surface area contributed by atoms with E-state index in [-0.39, 0.29) is 5.91 Å². The minimum Gasteiger partial charge on any atom is -0.267 e. The number of carbonyl (C=O) groups is 1. The van der Waals surface area contributed by atoms with Crippen LogP contribution in [-0.2, 0) is 0 Å². The lowest BCUT2D eigenvalue weighted by Crippen LogP contribution is -2.11. The van der Waals surface area contributed by atoms with Crippen molar-refractivity contribution < 1.29 is 4.79 Å². The molecule has 25 heavy (non-hydrogen) atoms. The van der Waals surface area contributed by atoms with E-state index in [2.05, 4.69) is 5.10 Å². The molecular weight excluding hydrogens is 352 g/mol. The third-order valence-electron chi connectivity index (χ3n) is 3.69. The summed E-state index contributed by atoms with van der Waals surface area (Å²) in [6.07, 6.45) is 3.34. The van der Waals surface area contributed by atoms with Crippen molar-refractivity contribution in [3.8, 4) is 0 Å². The number of allylic oxidation sites excluding steroid dienone is 1. The van der Waals surface area contributed by atoms with Crippen LogP contribution >= 0.6 is 23.4 Å². The molecule has 0 radical (unpaired) electrons. The zero-order valence-electron chi connectivity index (χ0n) is 13.9. The van der Waals surface area contributed by atoms with Gasteiger partial charge >= 0.3 is 0 Å². The largest absolute Gasteiger partial charge is 0.271 e. The van der Waals surface area contributed by atoms with Crippen LogP contribution in [0.15, 0.2) is 70.5 Å². The van der Waals surface area contributed by atoms with E-state index in [4.69, 9.17) is 11.6 Å². The van der Waals surface area contributed by atoms with Crippen LogP contribution < -0.4 is 0 Å². The maximum absolute atomic E-state index is 12.5. The number of hydrogen-bond acceptors (Lipinski definition) is 3. The fourth-order valence-electron chi connectivity index (χ4n) is 2.41. The molecule has 0 saturated heterocycles. The van der Waals surface area contributed by atoms with Gasteiger partial charge < -0.3 is 0 Å². The highest BCUT2D eigenvalue weighted by Crippen LogP contribution is 2.33. The van der Waals surface area contributed by atoms with Gasteiger partial charge in [-0.3, -0.25) is 4.79 Å². The molecule has 3 aromatic rings. The highest BCUT2D eigenvalue weighted by atomic mass is 35.5. The Morgan fingerprint density at radius 2 is 1.76 bits per heavy atom. The molecule has 0 fully saturated rings. The van der Waals surface area contributed by atoms with Gasteiger partial charge in [0.05, 0.1) is 16.3 Å². The van der Waals surface area contributed by atoms with Gasteiger partial charge in [-0.2, -0.15) is 5.10 Å². The van der Waals surface area contributed by atoms with E-state index < -0.39 is 0 Å². The van der Waals surface area contributed by atoms with Crippen molar-refractivity contribution in [2.75, 3.05) is 0 Å². The van der Waals surface area contributed by atoms with Crippen molar-refractivity contribution in [3.63, 3.8) is 0 Å². The Kier molecular flexibility index (Phi) is 5.41. The number of halogens is 1. The van der Waals surface area contributed by atoms with Crippen LogP contribution in [0.3, 0.4) is 0 Å². The van der Waals surface area contributed by atoms with Crippen molar-refractivity contribution in [1.82, 2.24) is 9.78 Å². The molecule has 126 valence electrons. The van der Waals surface area contributed by atoms with Crippen molar-refractivity contribution in [2.24, 2.45) is 0 Å². The Balaban J connectivity index is 1.82. The molecule has 0 bridgehead atoms. The van der Waals surface area contributed by atoms with Crippen LogP contribution in [0.5, 0.6) is 0 Å². The number of carbonyl (C=O) groups excluding carboxylic acids is 1. The average Bonchev–Trinajstić information content (AvgIpc) is 2.90. The summed E-state index contributed by atoms with van der Waals surface area (Å²) in [6.45, 7) is 3.82. The van der Waals surface area contributed by atoms with Gasteiger partial charge in [-0.1, -0.05) is 53.7 Å². The Morgan fingerprint density at radius 3 is 2.44 bits per heavy atom. The summed E-state index contributed by atoms with van der Waals surface area (Å²) in [4.78, 5) is 14.5. The van der Waals surface area contributed by atoms with E-state index in [1.165, 1.54) is 4.68 Å². The molecule has 3 rings (SSSR count). The van der Waals surface area contributed by atoms with E-state index in [1.807, 2.05) is 68.4 Å². The smallest absolute Gasteiger partial charge is 0.267 e. The van der Waals surface area contributed by atoms with Crippen LogP contribution in [0.25, 0.3) is 6.08 Å². The summed E-state index contributed by atoms with van der Waals surface area (Å²) in [5.41, 5.74) is 2.65. The Hall–Kier alpha value is -2.30. The molecular formula is C20H17ClN2OS. The first-order valence-electron chi connectivity index (χ1n) is 7.81. The molecule has 0 unspecified atom stereocenters. The first kappa shape index (κ1) is 17.5. The molecule has 0 atom stereocenters. The summed E-state index contributed by atoms with van der Waals surface area (Å²) in [5.74, 6) is -0.160. The van der Waals surface area contributed by atoms with Crippen molar-refractivity contribution in [1.29, 1.82) is 0 Å². The van der Waals surface area contributed by atoms with Gasteiger partial charge in [-0.15, -0.1) is 0 Å². The SMILES string of the molecule is Cc1nn(C(=O)C=Cc2ccccc2)c(C)c1Sc1ccc(Cl)cc1. The van der Waals surface area contributed by atoms with Gasteiger partial charge in [0.15, 0.2) is 0 Å². The first-order chi connectivity index (χ1) is 12.0. The zero-order chi connectivity index (χ0) is 17.8. The van der Waals surface area contributed by atoms with E-state index in [0.717, 1.165) is 26.7 Å². The molecule has 3 nitrogen and oxygen atoms in total. The van der Waals surface area contributed by atoms with Crippen LogP contribution in [0.4, 0.5) is 0 Å². The fraction of sp³-hybridized carbons (Fsp3) is 0.100. The number of nitrogens with zero attached hydrogens (tertiary/aromatic N) is 2. The number of rotatable bonds is 4. The fourth-order valence-corrected chi connectivity index (χ4v) is 3.47. The second kappa shape index (κ2) is 7.72. The van der Waals surface area contributed by atoms with E-state index >= 15 is 0 Å². The minimum atomic E-state index is -0.160. The second-order valence-electron chi connectivity index (χ2n) is 5.55. The lowest BCUT2D eigenvalue weighted by atomic mass is 10.2. The van der Waals surface area contributed by atoms with Crippen LogP contribution in [-0.4, -0.2) is 15.7 Å². The van der Waals surface area contributed by atoms with Gasteiger partial charge in [0, 0.05) is 16.0 Å². The van der Waals surface area contributed by atoms with Crippen LogP contribution in [0.1, 0.15) is 21.7 Å². The maximum Gasteiger partial charge on any atom is 0.271 e. The molecule has 0 aliphatic rings. The normalized spacial score (nSPS) is 11.2. The third-order valence-corrected chi connectivity index (χ3v) is 5.24. The highest BCUT2D eigenvalue weighted by molar-refractivity contribution is 7.99. The maximum atomic E-state index is 12.5. The van der Waals surface area contributed by atoms with E-state index in [9.17, 15) is 4.79 Å². The Bertz CT molecular complexity index is 915. The van der Waals surface area contributed by atoms with Gasteiger partial charge in [0.1, 0.15) is 0 Å². The van der Waals surface area contributed by atoms with Gasteiger partial charge in [0.2, 0.25) is 0 Å². The summed E-state index contributed by atoms with van der Waals surface area (Å²) in [6, 6.07) is 17.4. The molecule has 0 aliphatic heterocycles. The van der Waals surface area contributed by atoms with Crippen molar-refractivity contribution in [2.45, 2.75) is 23.6 Å². The molecule has 2 aromatic carbocycles. The zero-order valence-corrected chi connectivity index (χ0v) is 15.5. The molecule has 0 spiro atoms. The molecule has 0 aliphatic carbocycles.